The molecule has 112 valence electrons. The Morgan fingerprint density at radius 1 is 1.30 bits per heavy atom. The van der Waals surface area contributed by atoms with Gasteiger partial charge in [0.15, 0.2) is 0 Å². The molecule has 3 saturated heterocycles. The van der Waals surface area contributed by atoms with E-state index < -0.39 is 0 Å². The Balaban J connectivity index is 1.94. The van der Waals surface area contributed by atoms with Crippen LogP contribution in [0.25, 0.3) is 0 Å². The average molecular weight is 280 g/mol. The van der Waals surface area contributed by atoms with Crippen LogP contribution in [-0.2, 0) is 14.3 Å². The molecule has 0 spiro atoms. The van der Waals surface area contributed by atoms with Crippen molar-refractivity contribution in [3.63, 3.8) is 0 Å². The lowest BCUT2D eigenvalue weighted by Crippen LogP contribution is -2.69. The molecule has 0 aromatic rings. The maximum absolute atomic E-state index is 12.9. The first-order valence-corrected chi connectivity index (χ1v) is 7.80. The van der Waals surface area contributed by atoms with Crippen molar-refractivity contribution in [2.75, 3.05) is 19.8 Å². The van der Waals surface area contributed by atoms with Crippen molar-refractivity contribution in [2.45, 2.75) is 63.6 Å². The lowest BCUT2D eigenvalue weighted by molar-refractivity contribution is -0.172. The number of rotatable bonds is 2. The molecule has 2 amide bonds. The van der Waals surface area contributed by atoms with Crippen LogP contribution in [0.4, 0.5) is 0 Å². The molecule has 3 fully saturated rings. The molecule has 3 aliphatic heterocycles. The largest absolute Gasteiger partial charge is 0.379 e. The summed E-state index contributed by atoms with van der Waals surface area (Å²) in [7, 11) is 0. The van der Waals surface area contributed by atoms with Crippen molar-refractivity contribution >= 4 is 11.8 Å². The van der Waals surface area contributed by atoms with Crippen LogP contribution >= 0.6 is 0 Å². The smallest absolute Gasteiger partial charge is 0.246 e. The van der Waals surface area contributed by atoms with Gasteiger partial charge in [0.1, 0.15) is 12.1 Å². The molecule has 0 aliphatic carbocycles. The van der Waals surface area contributed by atoms with Crippen LogP contribution in [0, 0.1) is 0 Å². The van der Waals surface area contributed by atoms with Gasteiger partial charge < -0.3 is 14.5 Å². The Morgan fingerprint density at radius 3 is 2.75 bits per heavy atom. The van der Waals surface area contributed by atoms with Crippen LogP contribution in [0.15, 0.2) is 0 Å². The number of amides is 2. The molecule has 3 heterocycles. The molecule has 3 aliphatic rings. The lowest BCUT2D eigenvalue weighted by atomic mass is 9.87. The first-order valence-electron chi connectivity index (χ1n) is 7.80. The molecule has 20 heavy (non-hydrogen) atoms. The summed E-state index contributed by atoms with van der Waals surface area (Å²) >= 11 is 0. The number of fused-ring (bicyclic) bond motifs is 1. The Hall–Kier alpha value is -1.10. The van der Waals surface area contributed by atoms with Crippen LogP contribution in [-0.4, -0.2) is 59.0 Å². The third kappa shape index (κ3) is 1.94. The topological polar surface area (TPSA) is 49.9 Å². The molecular formula is C15H24N2O3. The monoisotopic (exact) mass is 280 g/mol. The summed E-state index contributed by atoms with van der Waals surface area (Å²) in [5.41, 5.74) is -0.319. The molecule has 5 heteroatoms. The fourth-order valence-electron chi connectivity index (χ4n) is 4.01. The minimum Gasteiger partial charge on any atom is -0.379 e. The fraction of sp³-hybridized carbons (Fsp3) is 0.867. The Morgan fingerprint density at radius 2 is 2.10 bits per heavy atom. The quantitative estimate of drug-likeness (QED) is 0.763. The summed E-state index contributed by atoms with van der Waals surface area (Å²) in [6.45, 7) is 6.12. The van der Waals surface area contributed by atoms with Crippen LogP contribution in [0.5, 0.6) is 0 Å². The molecule has 0 aromatic carbocycles. The van der Waals surface area contributed by atoms with Crippen molar-refractivity contribution in [3.8, 4) is 0 Å². The van der Waals surface area contributed by atoms with E-state index in [-0.39, 0.29) is 29.4 Å². The average Bonchev–Trinajstić information content (AvgIpc) is 2.93. The fourth-order valence-corrected chi connectivity index (χ4v) is 4.01. The maximum Gasteiger partial charge on any atom is 0.246 e. The van der Waals surface area contributed by atoms with E-state index in [0.29, 0.717) is 13.0 Å². The second kappa shape index (κ2) is 5.02. The third-order valence-corrected chi connectivity index (χ3v) is 5.04. The summed E-state index contributed by atoms with van der Waals surface area (Å²) in [5.74, 6) is 0.281. The minimum absolute atomic E-state index is 0.140. The second-order valence-corrected chi connectivity index (χ2v) is 6.48. The standard InChI is InChI=1S/C15H24N2O3/c1-3-11-13(18)16-8-4-6-12(16)14(19)17(11)15(2)7-5-9-20-10-15/h11-12H,3-10H2,1-2H3. The summed E-state index contributed by atoms with van der Waals surface area (Å²) in [5, 5.41) is 0. The number of piperazine rings is 1. The van der Waals surface area contributed by atoms with Crippen LogP contribution in [0.1, 0.15) is 46.0 Å². The zero-order valence-corrected chi connectivity index (χ0v) is 12.4. The van der Waals surface area contributed by atoms with Gasteiger partial charge in [-0.15, -0.1) is 0 Å². The molecular weight excluding hydrogens is 256 g/mol. The Labute approximate surface area is 120 Å². The van der Waals surface area contributed by atoms with E-state index >= 15 is 0 Å². The van der Waals surface area contributed by atoms with Crippen molar-refractivity contribution < 1.29 is 14.3 Å². The SMILES string of the molecule is CCC1C(=O)N2CCCC2C(=O)N1C1(C)CCCOC1. The molecule has 0 N–H and O–H groups in total. The summed E-state index contributed by atoms with van der Waals surface area (Å²) in [4.78, 5) is 29.3. The summed E-state index contributed by atoms with van der Waals surface area (Å²) < 4.78 is 5.61. The first-order chi connectivity index (χ1) is 9.58. The number of carbonyl (C=O) groups excluding carboxylic acids is 2. The van der Waals surface area contributed by atoms with Gasteiger partial charge in [-0.3, -0.25) is 9.59 Å². The van der Waals surface area contributed by atoms with Gasteiger partial charge in [-0.2, -0.15) is 0 Å². The van der Waals surface area contributed by atoms with E-state index in [9.17, 15) is 9.59 Å². The molecule has 0 aromatic heterocycles. The number of ether oxygens (including phenoxy) is 1. The van der Waals surface area contributed by atoms with Gasteiger partial charge >= 0.3 is 0 Å². The number of hydrogen-bond donors (Lipinski definition) is 0. The van der Waals surface area contributed by atoms with E-state index in [2.05, 4.69) is 6.92 Å². The molecule has 0 radical (unpaired) electrons. The van der Waals surface area contributed by atoms with E-state index in [0.717, 1.165) is 38.8 Å². The van der Waals surface area contributed by atoms with Crippen LogP contribution in [0.3, 0.4) is 0 Å². The Bertz CT molecular complexity index is 417. The van der Waals surface area contributed by atoms with Crippen LogP contribution < -0.4 is 0 Å². The highest BCUT2D eigenvalue weighted by Gasteiger charge is 2.52. The van der Waals surface area contributed by atoms with Gasteiger partial charge in [0.25, 0.3) is 0 Å². The van der Waals surface area contributed by atoms with Gasteiger partial charge in [-0.25, -0.2) is 0 Å². The van der Waals surface area contributed by atoms with Gasteiger partial charge in [0.2, 0.25) is 11.8 Å². The van der Waals surface area contributed by atoms with E-state index in [1.807, 2.05) is 11.8 Å². The van der Waals surface area contributed by atoms with Crippen molar-refractivity contribution in [2.24, 2.45) is 0 Å². The van der Waals surface area contributed by atoms with Crippen molar-refractivity contribution in [1.82, 2.24) is 9.80 Å². The maximum atomic E-state index is 12.9. The van der Waals surface area contributed by atoms with Crippen LogP contribution in [0.2, 0.25) is 0 Å². The minimum atomic E-state index is -0.319. The lowest BCUT2D eigenvalue weighted by Gasteiger charge is -2.52. The van der Waals surface area contributed by atoms with Gasteiger partial charge in [-0.05, 0) is 39.0 Å². The normalized spacial score (nSPS) is 38.3. The number of carbonyl (C=O) groups is 2. The third-order valence-electron chi connectivity index (χ3n) is 5.04. The Kier molecular flexibility index (Phi) is 3.48. The van der Waals surface area contributed by atoms with Gasteiger partial charge in [0, 0.05) is 13.2 Å². The molecule has 3 atom stereocenters. The predicted octanol–water partition coefficient (Wildman–Crippen LogP) is 1.17. The van der Waals surface area contributed by atoms with E-state index in [4.69, 9.17) is 4.74 Å². The highest BCUT2D eigenvalue weighted by Crippen LogP contribution is 2.36. The molecule has 0 saturated carbocycles. The predicted molar refractivity (Wildman–Crippen MR) is 74.1 cm³/mol. The molecule has 5 nitrogen and oxygen atoms in total. The number of hydrogen-bond acceptors (Lipinski definition) is 3. The van der Waals surface area contributed by atoms with Crippen molar-refractivity contribution in [1.29, 1.82) is 0 Å². The zero-order chi connectivity index (χ0) is 14.3. The van der Waals surface area contributed by atoms with Crippen molar-refractivity contribution in [3.05, 3.63) is 0 Å². The second-order valence-electron chi connectivity index (χ2n) is 6.48. The van der Waals surface area contributed by atoms with E-state index in [1.165, 1.54) is 0 Å². The first kappa shape index (κ1) is 13.9. The summed E-state index contributed by atoms with van der Waals surface area (Å²) in [6.07, 6.45) is 4.33. The molecule has 3 rings (SSSR count). The highest BCUT2D eigenvalue weighted by molar-refractivity contribution is 5.97. The molecule has 0 bridgehead atoms. The highest BCUT2D eigenvalue weighted by atomic mass is 16.5. The zero-order valence-electron chi connectivity index (χ0n) is 12.4. The summed E-state index contributed by atoms with van der Waals surface area (Å²) in [6, 6.07) is -0.521. The number of nitrogens with zero attached hydrogens (tertiary/aromatic N) is 2. The van der Waals surface area contributed by atoms with E-state index in [1.54, 1.807) is 4.90 Å². The molecule has 3 unspecified atom stereocenters. The van der Waals surface area contributed by atoms with Gasteiger partial charge in [-0.1, -0.05) is 6.92 Å². The van der Waals surface area contributed by atoms with Gasteiger partial charge in [0.05, 0.1) is 12.1 Å².